The predicted octanol–water partition coefficient (Wildman–Crippen LogP) is 4.00. The van der Waals surface area contributed by atoms with Gasteiger partial charge >= 0.3 is 5.97 Å². The molecule has 0 spiro atoms. The molecule has 1 aromatic carbocycles. The Kier molecular flexibility index (Phi) is 5.03. The number of nitrogen functional groups attached to an aromatic ring is 1. The highest BCUT2D eigenvalue weighted by Crippen LogP contribution is 2.28. The molecule has 1 aromatic heterocycles. The molecule has 0 unspecified atom stereocenters. The maximum Gasteiger partial charge on any atom is 0.340 e. The van der Waals surface area contributed by atoms with Gasteiger partial charge in [0, 0.05) is 9.50 Å². The van der Waals surface area contributed by atoms with Gasteiger partial charge in [-0.25, -0.2) is 9.78 Å². The number of carbonyl (C=O) groups excluding carboxylic acids is 1. The molecule has 0 aliphatic carbocycles. The molecule has 3 N–H and O–H groups in total. The van der Waals surface area contributed by atoms with Crippen LogP contribution in [-0.2, 0) is 4.74 Å². The van der Waals surface area contributed by atoms with Gasteiger partial charge in [-0.3, -0.25) is 0 Å². The minimum atomic E-state index is -0.476. The molecule has 0 aliphatic rings. The van der Waals surface area contributed by atoms with Crippen molar-refractivity contribution in [2.24, 2.45) is 0 Å². The van der Waals surface area contributed by atoms with E-state index in [1.54, 1.807) is 31.2 Å². The largest absolute Gasteiger partial charge is 0.462 e. The third kappa shape index (κ3) is 3.86. The van der Waals surface area contributed by atoms with E-state index in [2.05, 4.69) is 26.2 Å². The average molecular weight is 371 g/mol. The van der Waals surface area contributed by atoms with Gasteiger partial charge in [0.15, 0.2) is 0 Å². The molecule has 0 fully saturated rings. The van der Waals surface area contributed by atoms with Gasteiger partial charge in [0.05, 0.1) is 29.7 Å². The lowest BCUT2D eigenvalue weighted by Gasteiger charge is -2.10. The van der Waals surface area contributed by atoms with Gasteiger partial charge in [0.1, 0.15) is 5.82 Å². The zero-order chi connectivity index (χ0) is 15.4. The van der Waals surface area contributed by atoms with Crippen LogP contribution < -0.4 is 11.1 Å². The van der Waals surface area contributed by atoms with Crippen LogP contribution in [0.2, 0.25) is 5.02 Å². The Morgan fingerprint density at radius 1 is 1.48 bits per heavy atom. The number of ether oxygens (including phenoxy) is 1. The summed E-state index contributed by atoms with van der Waals surface area (Å²) in [6, 6.07) is 6.86. The number of nitrogens with one attached hydrogen (secondary N) is 1. The van der Waals surface area contributed by atoms with Crippen molar-refractivity contribution in [2.75, 3.05) is 17.7 Å². The molecule has 2 aromatic rings. The molecule has 5 nitrogen and oxygen atoms in total. The van der Waals surface area contributed by atoms with E-state index in [9.17, 15) is 4.79 Å². The number of halogens is 2. The number of esters is 1. The number of anilines is 3. The molecule has 0 saturated heterocycles. The van der Waals surface area contributed by atoms with Gasteiger partial charge in [0.2, 0.25) is 0 Å². The number of hydrogen-bond acceptors (Lipinski definition) is 5. The fourth-order valence-corrected chi connectivity index (χ4v) is 2.43. The van der Waals surface area contributed by atoms with E-state index in [0.717, 1.165) is 10.2 Å². The fourth-order valence-electron chi connectivity index (χ4n) is 1.65. The first-order valence-electron chi connectivity index (χ1n) is 6.16. The van der Waals surface area contributed by atoms with Gasteiger partial charge in [-0.05, 0) is 47.1 Å². The summed E-state index contributed by atoms with van der Waals surface area (Å²) in [6.07, 6.45) is 1.42. The van der Waals surface area contributed by atoms with E-state index in [0.29, 0.717) is 10.8 Å². The lowest BCUT2D eigenvalue weighted by atomic mass is 10.2. The second-order valence-corrected chi connectivity index (χ2v) is 5.42. The van der Waals surface area contributed by atoms with Gasteiger partial charge in [-0.15, -0.1) is 0 Å². The fraction of sp³-hybridized carbons (Fsp3) is 0.143. The van der Waals surface area contributed by atoms with Gasteiger partial charge in [-0.1, -0.05) is 11.6 Å². The molecule has 21 heavy (non-hydrogen) atoms. The molecular formula is C14H13BrClN3O2. The first-order chi connectivity index (χ1) is 10.0. The molecule has 1 heterocycles. The Bertz CT molecular complexity index is 679. The third-order valence-electron chi connectivity index (χ3n) is 2.62. The maximum atomic E-state index is 11.8. The standard InChI is InChI=1S/C14H13BrClN3O2/c1-2-21-14(20)9-6-13(18-7-11(9)17)19-12-4-3-8(16)5-10(12)15/h3-7H,2,17H2,1H3,(H,18,19). The van der Waals surface area contributed by atoms with Crippen LogP contribution in [0.15, 0.2) is 34.9 Å². The van der Waals surface area contributed by atoms with Gasteiger partial charge in [0.25, 0.3) is 0 Å². The first-order valence-corrected chi connectivity index (χ1v) is 7.33. The summed E-state index contributed by atoms with van der Waals surface area (Å²) >= 11 is 9.29. The van der Waals surface area contributed by atoms with Crippen molar-refractivity contribution >= 4 is 50.7 Å². The summed E-state index contributed by atoms with van der Waals surface area (Å²) in [7, 11) is 0. The zero-order valence-electron chi connectivity index (χ0n) is 11.2. The Morgan fingerprint density at radius 3 is 2.90 bits per heavy atom. The zero-order valence-corrected chi connectivity index (χ0v) is 13.5. The van der Waals surface area contributed by atoms with Crippen molar-refractivity contribution in [3.05, 3.63) is 45.5 Å². The van der Waals surface area contributed by atoms with Crippen LogP contribution in [0.5, 0.6) is 0 Å². The second-order valence-electron chi connectivity index (χ2n) is 4.13. The highest BCUT2D eigenvalue weighted by molar-refractivity contribution is 9.10. The van der Waals surface area contributed by atoms with Crippen molar-refractivity contribution in [2.45, 2.75) is 6.92 Å². The summed E-state index contributed by atoms with van der Waals surface area (Å²) in [6.45, 7) is 2.02. The van der Waals surface area contributed by atoms with Crippen LogP contribution in [0.1, 0.15) is 17.3 Å². The molecule has 0 atom stereocenters. The van der Waals surface area contributed by atoms with Gasteiger partial charge < -0.3 is 15.8 Å². The Hall–Kier alpha value is -1.79. The highest BCUT2D eigenvalue weighted by atomic mass is 79.9. The van der Waals surface area contributed by atoms with E-state index >= 15 is 0 Å². The van der Waals surface area contributed by atoms with Crippen molar-refractivity contribution < 1.29 is 9.53 Å². The van der Waals surface area contributed by atoms with Crippen LogP contribution in [0, 0.1) is 0 Å². The molecule has 2 rings (SSSR count). The van der Waals surface area contributed by atoms with Crippen LogP contribution in [0.3, 0.4) is 0 Å². The van der Waals surface area contributed by atoms with Crippen molar-refractivity contribution in [1.29, 1.82) is 0 Å². The van der Waals surface area contributed by atoms with E-state index in [1.807, 2.05) is 0 Å². The minimum absolute atomic E-state index is 0.272. The lowest BCUT2D eigenvalue weighted by Crippen LogP contribution is -2.09. The topological polar surface area (TPSA) is 77.2 Å². The number of nitrogens with zero attached hydrogens (tertiary/aromatic N) is 1. The molecule has 0 saturated carbocycles. The van der Waals surface area contributed by atoms with Crippen LogP contribution in [0.25, 0.3) is 0 Å². The number of pyridine rings is 1. The molecule has 7 heteroatoms. The minimum Gasteiger partial charge on any atom is -0.462 e. The normalized spacial score (nSPS) is 10.2. The summed E-state index contributed by atoms with van der Waals surface area (Å²) in [5, 5.41) is 3.70. The average Bonchev–Trinajstić information content (AvgIpc) is 2.44. The summed E-state index contributed by atoms with van der Waals surface area (Å²) < 4.78 is 5.74. The monoisotopic (exact) mass is 369 g/mol. The smallest absolute Gasteiger partial charge is 0.340 e. The number of nitrogens with two attached hydrogens (primary N) is 1. The number of carbonyl (C=O) groups is 1. The van der Waals surface area contributed by atoms with E-state index in [-0.39, 0.29) is 17.9 Å². The second kappa shape index (κ2) is 6.78. The molecular weight excluding hydrogens is 358 g/mol. The number of hydrogen-bond donors (Lipinski definition) is 2. The summed E-state index contributed by atoms with van der Waals surface area (Å²) in [5.74, 6) is 0.00546. The molecule has 0 amide bonds. The van der Waals surface area contributed by atoms with Crippen molar-refractivity contribution in [3.63, 3.8) is 0 Å². The molecule has 0 aliphatic heterocycles. The summed E-state index contributed by atoms with van der Waals surface area (Å²) in [5.41, 5.74) is 7.07. The van der Waals surface area contributed by atoms with E-state index in [1.165, 1.54) is 6.20 Å². The molecule has 0 radical (unpaired) electrons. The first kappa shape index (κ1) is 15.6. The Morgan fingerprint density at radius 2 is 2.24 bits per heavy atom. The SMILES string of the molecule is CCOC(=O)c1cc(Nc2ccc(Cl)cc2Br)ncc1N. The highest BCUT2D eigenvalue weighted by Gasteiger charge is 2.13. The van der Waals surface area contributed by atoms with Crippen LogP contribution in [-0.4, -0.2) is 17.6 Å². The van der Waals surface area contributed by atoms with Crippen molar-refractivity contribution in [1.82, 2.24) is 4.98 Å². The molecule has 110 valence electrons. The van der Waals surface area contributed by atoms with Crippen LogP contribution >= 0.6 is 27.5 Å². The van der Waals surface area contributed by atoms with E-state index in [4.69, 9.17) is 22.1 Å². The molecule has 0 bridgehead atoms. The van der Waals surface area contributed by atoms with Gasteiger partial charge in [-0.2, -0.15) is 0 Å². The predicted molar refractivity (Wildman–Crippen MR) is 87.0 cm³/mol. The van der Waals surface area contributed by atoms with Crippen LogP contribution in [0.4, 0.5) is 17.2 Å². The third-order valence-corrected chi connectivity index (χ3v) is 3.52. The Balaban J connectivity index is 2.28. The Labute approximate surface area is 135 Å². The summed E-state index contributed by atoms with van der Waals surface area (Å²) in [4.78, 5) is 15.9. The van der Waals surface area contributed by atoms with E-state index < -0.39 is 5.97 Å². The maximum absolute atomic E-state index is 11.8. The van der Waals surface area contributed by atoms with Crippen molar-refractivity contribution in [3.8, 4) is 0 Å². The number of rotatable bonds is 4. The number of benzene rings is 1. The lowest BCUT2D eigenvalue weighted by molar-refractivity contribution is 0.0527. The quantitative estimate of drug-likeness (QED) is 0.795. The number of aromatic nitrogens is 1.